The number of amides is 2. The van der Waals surface area contributed by atoms with Gasteiger partial charge in [-0.2, -0.15) is 0 Å². The molecule has 1 saturated heterocycles. The zero-order valence-corrected chi connectivity index (χ0v) is 12.1. The molecule has 5 nitrogen and oxygen atoms in total. The predicted octanol–water partition coefficient (Wildman–Crippen LogP) is 2.57. The summed E-state index contributed by atoms with van der Waals surface area (Å²) in [5.41, 5.74) is 1.72. The summed E-state index contributed by atoms with van der Waals surface area (Å²) < 4.78 is 12.9. The van der Waals surface area contributed by atoms with Crippen LogP contribution < -0.4 is 10.2 Å². The Morgan fingerprint density at radius 1 is 1.00 bits per heavy atom. The van der Waals surface area contributed by atoms with Crippen LogP contribution >= 0.6 is 0 Å². The van der Waals surface area contributed by atoms with E-state index in [9.17, 15) is 9.18 Å². The van der Waals surface area contributed by atoms with Gasteiger partial charge in [0, 0.05) is 49.9 Å². The average molecular weight is 300 g/mol. The number of carbonyl (C=O) groups excluding carboxylic acids is 1. The van der Waals surface area contributed by atoms with E-state index in [-0.39, 0.29) is 11.8 Å². The number of benzene rings is 1. The molecule has 0 spiro atoms. The van der Waals surface area contributed by atoms with E-state index in [2.05, 4.69) is 15.2 Å². The Hall–Kier alpha value is -2.63. The quantitative estimate of drug-likeness (QED) is 0.927. The number of anilines is 2. The Morgan fingerprint density at radius 3 is 2.27 bits per heavy atom. The van der Waals surface area contributed by atoms with E-state index in [1.165, 1.54) is 12.1 Å². The van der Waals surface area contributed by atoms with Crippen LogP contribution in [0.5, 0.6) is 0 Å². The van der Waals surface area contributed by atoms with Crippen LogP contribution in [-0.2, 0) is 0 Å². The van der Waals surface area contributed by atoms with E-state index in [0.717, 1.165) is 24.5 Å². The van der Waals surface area contributed by atoms with Crippen molar-refractivity contribution in [1.82, 2.24) is 9.88 Å². The number of piperazine rings is 1. The third-order valence-corrected chi connectivity index (χ3v) is 3.69. The van der Waals surface area contributed by atoms with Crippen LogP contribution in [0.15, 0.2) is 48.8 Å². The molecule has 1 aromatic heterocycles. The fraction of sp³-hybridized carbons (Fsp3) is 0.250. The van der Waals surface area contributed by atoms with Gasteiger partial charge in [-0.05, 0) is 36.4 Å². The molecule has 0 radical (unpaired) electrons. The Bertz CT molecular complexity index is 624. The molecule has 2 aromatic rings. The lowest BCUT2D eigenvalue weighted by Crippen LogP contribution is -2.50. The first-order chi connectivity index (χ1) is 10.7. The monoisotopic (exact) mass is 300 g/mol. The Kier molecular flexibility index (Phi) is 4.18. The molecule has 6 heteroatoms. The molecule has 1 aliphatic rings. The summed E-state index contributed by atoms with van der Waals surface area (Å²) in [6, 6.07) is 9.85. The van der Waals surface area contributed by atoms with Crippen molar-refractivity contribution in [3.8, 4) is 0 Å². The number of pyridine rings is 1. The summed E-state index contributed by atoms with van der Waals surface area (Å²) in [5.74, 6) is -0.237. The lowest BCUT2D eigenvalue weighted by Gasteiger charge is -2.36. The van der Waals surface area contributed by atoms with Gasteiger partial charge in [-0.15, -0.1) is 0 Å². The van der Waals surface area contributed by atoms with Crippen LogP contribution in [0, 0.1) is 5.82 Å². The van der Waals surface area contributed by atoms with Crippen molar-refractivity contribution in [2.75, 3.05) is 36.4 Å². The van der Waals surface area contributed by atoms with Gasteiger partial charge in [0.2, 0.25) is 0 Å². The van der Waals surface area contributed by atoms with Crippen molar-refractivity contribution in [3.05, 3.63) is 54.6 Å². The first kappa shape index (κ1) is 14.3. The molecule has 0 aliphatic carbocycles. The number of carbonyl (C=O) groups is 1. The first-order valence-corrected chi connectivity index (χ1v) is 7.19. The second-order valence-corrected chi connectivity index (χ2v) is 5.12. The first-order valence-electron chi connectivity index (χ1n) is 7.19. The number of nitrogens with zero attached hydrogens (tertiary/aromatic N) is 3. The summed E-state index contributed by atoms with van der Waals surface area (Å²) in [4.78, 5) is 20.0. The highest BCUT2D eigenvalue weighted by atomic mass is 19.1. The fourth-order valence-electron chi connectivity index (χ4n) is 2.46. The summed E-state index contributed by atoms with van der Waals surface area (Å²) in [5, 5.41) is 2.85. The van der Waals surface area contributed by atoms with E-state index in [0.29, 0.717) is 13.1 Å². The highest BCUT2D eigenvalue weighted by Gasteiger charge is 2.21. The van der Waals surface area contributed by atoms with Gasteiger partial charge < -0.3 is 15.1 Å². The number of aromatic nitrogens is 1. The fourth-order valence-corrected chi connectivity index (χ4v) is 2.46. The second-order valence-electron chi connectivity index (χ2n) is 5.12. The maximum atomic E-state index is 12.9. The molecule has 0 unspecified atom stereocenters. The van der Waals surface area contributed by atoms with E-state index < -0.39 is 0 Å². The molecule has 114 valence electrons. The van der Waals surface area contributed by atoms with E-state index in [4.69, 9.17) is 0 Å². The van der Waals surface area contributed by atoms with Gasteiger partial charge >= 0.3 is 6.03 Å². The Balaban J connectivity index is 1.55. The van der Waals surface area contributed by atoms with Crippen molar-refractivity contribution in [1.29, 1.82) is 0 Å². The number of urea groups is 1. The van der Waals surface area contributed by atoms with Gasteiger partial charge in [0.1, 0.15) is 5.82 Å². The number of nitrogens with one attached hydrogen (secondary N) is 1. The Morgan fingerprint density at radius 2 is 1.64 bits per heavy atom. The lowest BCUT2D eigenvalue weighted by molar-refractivity contribution is 0.208. The molecule has 2 amide bonds. The molecule has 1 fully saturated rings. The molecular formula is C16H17FN4O. The SMILES string of the molecule is O=C(Nc1ccncc1)N1CCN(c2ccc(F)cc2)CC1. The molecule has 1 aromatic carbocycles. The minimum Gasteiger partial charge on any atom is -0.368 e. The molecule has 0 saturated carbocycles. The van der Waals surface area contributed by atoms with Crippen molar-refractivity contribution in [2.24, 2.45) is 0 Å². The molecule has 0 bridgehead atoms. The Labute approximate surface area is 128 Å². The molecule has 1 aliphatic heterocycles. The normalized spacial score (nSPS) is 14.8. The van der Waals surface area contributed by atoms with Gasteiger partial charge in [0.05, 0.1) is 0 Å². The van der Waals surface area contributed by atoms with Crippen molar-refractivity contribution >= 4 is 17.4 Å². The second kappa shape index (κ2) is 6.43. The maximum Gasteiger partial charge on any atom is 0.321 e. The van der Waals surface area contributed by atoms with Crippen LogP contribution in [0.1, 0.15) is 0 Å². The zero-order valence-electron chi connectivity index (χ0n) is 12.1. The molecule has 22 heavy (non-hydrogen) atoms. The van der Waals surface area contributed by atoms with Crippen LogP contribution in [0.25, 0.3) is 0 Å². The highest BCUT2D eigenvalue weighted by Crippen LogP contribution is 2.17. The minimum absolute atomic E-state index is 0.107. The zero-order chi connectivity index (χ0) is 15.4. The third-order valence-electron chi connectivity index (χ3n) is 3.69. The highest BCUT2D eigenvalue weighted by molar-refractivity contribution is 5.89. The van der Waals surface area contributed by atoms with E-state index in [1.54, 1.807) is 41.6 Å². The molecule has 3 rings (SSSR count). The van der Waals surface area contributed by atoms with Crippen LogP contribution in [0.3, 0.4) is 0 Å². The maximum absolute atomic E-state index is 12.9. The van der Waals surface area contributed by atoms with Gasteiger partial charge in [-0.3, -0.25) is 4.98 Å². The summed E-state index contributed by atoms with van der Waals surface area (Å²) in [6.45, 7) is 2.73. The van der Waals surface area contributed by atoms with Gasteiger partial charge in [0.15, 0.2) is 0 Å². The molecule has 2 heterocycles. The largest absolute Gasteiger partial charge is 0.368 e. The number of hydrogen-bond acceptors (Lipinski definition) is 3. The van der Waals surface area contributed by atoms with E-state index >= 15 is 0 Å². The van der Waals surface area contributed by atoms with E-state index in [1.807, 2.05) is 0 Å². The number of hydrogen-bond donors (Lipinski definition) is 1. The van der Waals surface area contributed by atoms with Crippen molar-refractivity contribution in [2.45, 2.75) is 0 Å². The van der Waals surface area contributed by atoms with Crippen LogP contribution in [0.4, 0.5) is 20.6 Å². The average Bonchev–Trinajstić information content (AvgIpc) is 2.57. The summed E-state index contributed by atoms with van der Waals surface area (Å²) in [6.07, 6.45) is 3.28. The summed E-state index contributed by atoms with van der Waals surface area (Å²) in [7, 11) is 0. The minimum atomic E-state index is -0.237. The topological polar surface area (TPSA) is 48.5 Å². The van der Waals surface area contributed by atoms with Gasteiger partial charge in [-0.25, -0.2) is 9.18 Å². The standard InChI is InChI=1S/C16H17FN4O/c17-13-1-3-15(4-2-13)20-9-11-21(12-10-20)16(22)19-14-5-7-18-8-6-14/h1-8H,9-12H2,(H,18,19,22). The molecule has 0 atom stereocenters. The number of rotatable bonds is 2. The van der Waals surface area contributed by atoms with Gasteiger partial charge in [-0.1, -0.05) is 0 Å². The molecule has 1 N–H and O–H groups in total. The van der Waals surface area contributed by atoms with Crippen LogP contribution in [0.2, 0.25) is 0 Å². The number of halogens is 1. The third kappa shape index (κ3) is 3.33. The van der Waals surface area contributed by atoms with Gasteiger partial charge in [0.25, 0.3) is 0 Å². The van der Waals surface area contributed by atoms with Crippen molar-refractivity contribution < 1.29 is 9.18 Å². The molecular weight excluding hydrogens is 283 g/mol. The lowest BCUT2D eigenvalue weighted by atomic mass is 10.2. The predicted molar refractivity (Wildman–Crippen MR) is 83.4 cm³/mol. The van der Waals surface area contributed by atoms with Crippen LogP contribution in [-0.4, -0.2) is 42.1 Å². The summed E-state index contributed by atoms with van der Waals surface area (Å²) >= 11 is 0. The van der Waals surface area contributed by atoms with Crippen molar-refractivity contribution in [3.63, 3.8) is 0 Å². The smallest absolute Gasteiger partial charge is 0.321 e.